The minimum atomic E-state index is 0.140. The number of aliphatic hydroxyl groups is 1. The molecule has 0 saturated heterocycles. The maximum absolute atomic E-state index is 8.83. The number of fused-ring (bicyclic) bond motifs is 1. The lowest BCUT2D eigenvalue weighted by molar-refractivity contribution is 0.299. The quantitative estimate of drug-likeness (QED) is 0.808. The van der Waals surface area contributed by atoms with Crippen LogP contribution in [-0.2, 0) is 6.42 Å². The Morgan fingerprint density at radius 1 is 1.43 bits per heavy atom. The van der Waals surface area contributed by atoms with Crippen LogP contribution in [0.4, 0.5) is 0 Å². The number of hydrogen-bond donors (Lipinski definition) is 1. The summed E-state index contributed by atoms with van der Waals surface area (Å²) in [6.45, 7) is 0.140. The number of furan rings is 1. The van der Waals surface area contributed by atoms with Crippen LogP contribution < -0.4 is 4.74 Å². The molecule has 3 nitrogen and oxygen atoms in total. The van der Waals surface area contributed by atoms with Gasteiger partial charge in [0, 0.05) is 23.6 Å². The van der Waals surface area contributed by atoms with E-state index in [2.05, 4.69) is 0 Å². The van der Waals surface area contributed by atoms with Crippen molar-refractivity contribution < 1.29 is 14.3 Å². The minimum Gasteiger partial charge on any atom is -0.497 e. The first-order valence-corrected chi connectivity index (χ1v) is 4.50. The lowest BCUT2D eigenvalue weighted by Gasteiger charge is -1.98. The van der Waals surface area contributed by atoms with Crippen LogP contribution in [0, 0.1) is 0 Å². The van der Waals surface area contributed by atoms with Crippen LogP contribution in [0.25, 0.3) is 11.0 Å². The van der Waals surface area contributed by atoms with E-state index in [0.29, 0.717) is 6.42 Å². The van der Waals surface area contributed by atoms with E-state index in [0.717, 1.165) is 22.3 Å². The van der Waals surface area contributed by atoms with Crippen molar-refractivity contribution in [2.75, 3.05) is 13.7 Å². The maximum Gasteiger partial charge on any atom is 0.137 e. The Hall–Kier alpha value is -1.48. The van der Waals surface area contributed by atoms with Crippen molar-refractivity contribution in [3.8, 4) is 5.75 Å². The van der Waals surface area contributed by atoms with E-state index < -0.39 is 0 Å². The molecule has 0 radical (unpaired) electrons. The predicted octanol–water partition coefficient (Wildman–Crippen LogP) is 1.98. The monoisotopic (exact) mass is 192 g/mol. The molecule has 1 aromatic heterocycles. The van der Waals surface area contributed by atoms with Crippen molar-refractivity contribution in [3.63, 3.8) is 0 Å². The van der Waals surface area contributed by atoms with Crippen LogP contribution in [0.3, 0.4) is 0 Å². The van der Waals surface area contributed by atoms with Crippen molar-refractivity contribution in [1.29, 1.82) is 0 Å². The van der Waals surface area contributed by atoms with Crippen molar-refractivity contribution in [3.05, 3.63) is 30.0 Å². The van der Waals surface area contributed by atoms with E-state index in [1.54, 1.807) is 13.4 Å². The topological polar surface area (TPSA) is 42.6 Å². The lowest BCUT2D eigenvalue weighted by atomic mass is 10.1. The zero-order chi connectivity index (χ0) is 9.97. The van der Waals surface area contributed by atoms with Crippen molar-refractivity contribution in [1.82, 2.24) is 0 Å². The van der Waals surface area contributed by atoms with Gasteiger partial charge in [-0.1, -0.05) is 0 Å². The molecule has 2 rings (SSSR count). The van der Waals surface area contributed by atoms with Gasteiger partial charge in [0.05, 0.1) is 13.4 Å². The Morgan fingerprint density at radius 2 is 2.29 bits per heavy atom. The minimum absolute atomic E-state index is 0.140. The third-order valence-corrected chi connectivity index (χ3v) is 2.24. The molecule has 1 heterocycles. The van der Waals surface area contributed by atoms with Crippen LogP contribution in [0.2, 0.25) is 0 Å². The molecule has 14 heavy (non-hydrogen) atoms. The average Bonchev–Trinajstić information content (AvgIpc) is 2.61. The standard InChI is InChI=1S/C11H12O3/c1-13-9-2-3-10-8(4-5-12)7-14-11(10)6-9/h2-3,6-7,12H,4-5H2,1H3. The fourth-order valence-electron chi connectivity index (χ4n) is 1.50. The second-order valence-electron chi connectivity index (χ2n) is 3.10. The van der Waals surface area contributed by atoms with Gasteiger partial charge in [0.1, 0.15) is 11.3 Å². The highest BCUT2D eigenvalue weighted by Crippen LogP contribution is 2.25. The summed E-state index contributed by atoms with van der Waals surface area (Å²) in [4.78, 5) is 0. The first-order valence-electron chi connectivity index (χ1n) is 4.50. The molecule has 0 atom stereocenters. The third kappa shape index (κ3) is 1.46. The van der Waals surface area contributed by atoms with Gasteiger partial charge >= 0.3 is 0 Å². The van der Waals surface area contributed by atoms with E-state index in [4.69, 9.17) is 14.3 Å². The van der Waals surface area contributed by atoms with Crippen molar-refractivity contribution in [2.45, 2.75) is 6.42 Å². The molecule has 0 aliphatic carbocycles. The highest BCUT2D eigenvalue weighted by molar-refractivity contribution is 5.82. The second kappa shape index (κ2) is 3.72. The van der Waals surface area contributed by atoms with Crippen LogP contribution in [-0.4, -0.2) is 18.8 Å². The summed E-state index contributed by atoms with van der Waals surface area (Å²) in [5.41, 5.74) is 1.83. The Balaban J connectivity index is 2.48. The smallest absolute Gasteiger partial charge is 0.137 e. The molecular formula is C11H12O3. The summed E-state index contributed by atoms with van der Waals surface area (Å²) >= 11 is 0. The van der Waals surface area contributed by atoms with Crippen LogP contribution in [0.15, 0.2) is 28.9 Å². The SMILES string of the molecule is COc1ccc2c(CCO)coc2c1. The molecule has 0 fully saturated rings. The molecule has 0 bridgehead atoms. The summed E-state index contributed by atoms with van der Waals surface area (Å²) in [6.07, 6.45) is 2.31. The van der Waals surface area contributed by atoms with Gasteiger partial charge in [-0.05, 0) is 18.6 Å². The van der Waals surface area contributed by atoms with Gasteiger partial charge in [0.15, 0.2) is 0 Å². The van der Waals surface area contributed by atoms with E-state index in [1.165, 1.54) is 0 Å². The van der Waals surface area contributed by atoms with E-state index in [9.17, 15) is 0 Å². The summed E-state index contributed by atoms with van der Waals surface area (Å²) < 4.78 is 10.4. The average molecular weight is 192 g/mol. The van der Waals surface area contributed by atoms with Crippen LogP contribution in [0.1, 0.15) is 5.56 Å². The van der Waals surface area contributed by atoms with Crippen LogP contribution >= 0.6 is 0 Å². The van der Waals surface area contributed by atoms with Gasteiger partial charge in [-0.2, -0.15) is 0 Å². The molecule has 1 aromatic carbocycles. The number of rotatable bonds is 3. The normalized spacial score (nSPS) is 10.7. The Bertz CT molecular complexity index is 431. The first-order chi connectivity index (χ1) is 6.85. The predicted molar refractivity (Wildman–Crippen MR) is 53.6 cm³/mol. The Morgan fingerprint density at radius 3 is 3.00 bits per heavy atom. The summed E-state index contributed by atoms with van der Waals surface area (Å²) in [5.74, 6) is 0.780. The lowest BCUT2D eigenvalue weighted by Crippen LogP contribution is -1.88. The van der Waals surface area contributed by atoms with Gasteiger partial charge in [-0.3, -0.25) is 0 Å². The first kappa shape index (κ1) is 9.09. The molecule has 0 aliphatic rings. The maximum atomic E-state index is 8.83. The molecule has 0 amide bonds. The van der Waals surface area contributed by atoms with Crippen LogP contribution in [0.5, 0.6) is 5.75 Å². The highest BCUT2D eigenvalue weighted by Gasteiger charge is 2.05. The number of hydrogen-bond acceptors (Lipinski definition) is 3. The molecule has 0 unspecified atom stereocenters. The molecule has 3 heteroatoms. The summed E-state index contributed by atoms with van der Waals surface area (Å²) in [5, 5.41) is 9.87. The van der Waals surface area contributed by atoms with Gasteiger partial charge < -0.3 is 14.3 Å². The highest BCUT2D eigenvalue weighted by atomic mass is 16.5. The van der Waals surface area contributed by atoms with Crippen molar-refractivity contribution in [2.24, 2.45) is 0 Å². The van der Waals surface area contributed by atoms with E-state index in [-0.39, 0.29) is 6.61 Å². The molecule has 1 N–H and O–H groups in total. The molecule has 0 spiro atoms. The summed E-state index contributed by atoms with van der Waals surface area (Å²) in [6, 6.07) is 5.68. The summed E-state index contributed by atoms with van der Waals surface area (Å²) in [7, 11) is 1.62. The fraction of sp³-hybridized carbons (Fsp3) is 0.273. The molecular weight excluding hydrogens is 180 g/mol. The third-order valence-electron chi connectivity index (χ3n) is 2.24. The fourth-order valence-corrected chi connectivity index (χ4v) is 1.50. The van der Waals surface area contributed by atoms with Gasteiger partial charge in [-0.15, -0.1) is 0 Å². The number of ether oxygens (including phenoxy) is 1. The number of methoxy groups -OCH3 is 1. The molecule has 74 valence electrons. The Labute approximate surface area is 81.9 Å². The second-order valence-corrected chi connectivity index (χ2v) is 3.10. The van der Waals surface area contributed by atoms with Crippen molar-refractivity contribution >= 4 is 11.0 Å². The largest absolute Gasteiger partial charge is 0.497 e. The van der Waals surface area contributed by atoms with E-state index in [1.807, 2.05) is 18.2 Å². The van der Waals surface area contributed by atoms with Gasteiger partial charge in [0.2, 0.25) is 0 Å². The van der Waals surface area contributed by atoms with E-state index >= 15 is 0 Å². The van der Waals surface area contributed by atoms with Gasteiger partial charge in [0.25, 0.3) is 0 Å². The zero-order valence-corrected chi connectivity index (χ0v) is 7.99. The zero-order valence-electron chi connectivity index (χ0n) is 7.99. The molecule has 2 aromatic rings. The van der Waals surface area contributed by atoms with Gasteiger partial charge in [-0.25, -0.2) is 0 Å². The Kier molecular flexibility index (Phi) is 2.41. The molecule has 0 aliphatic heterocycles. The molecule has 0 saturated carbocycles. The number of aliphatic hydroxyl groups excluding tert-OH is 1. The number of benzene rings is 1.